The van der Waals surface area contributed by atoms with Crippen molar-refractivity contribution in [2.24, 2.45) is 0 Å². The zero-order valence-electron chi connectivity index (χ0n) is 12.5. The smallest absolute Gasteiger partial charge is 0.130 e. The number of hydrogen-bond acceptors (Lipinski definition) is 2. The van der Waals surface area contributed by atoms with Crippen LogP contribution in [0.5, 0.6) is 5.75 Å². The second-order valence-corrected chi connectivity index (χ2v) is 5.50. The fourth-order valence-corrected chi connectivity index (χ4v) is 2.69. The summed E-state index contributed by atoms with van der Waals surface area (Å²) in [6, 6.07) is 20.1. The molecule has 1 aromatic heterocycles. The minimum atomic E-state index is 0.492. The molecule has 2 aromatic carbocycles. The highest BCUT2D eigenvalue weighted by molar-refractivity contribution is 6.29. The molecule has 3 aromatic rings. The topological polar surface area (TPSA) is 22.1 Å². The minimum absolute atomic E-state index is 0.492. The number of nitrogens with zero attached hydrogens (tertiary/aromatic N) is 1. The van der Waals surface area contributed by atoms with E-state index < -0.39 is 0 Å². The molecule has 0 unspecified atom stereocenters. The average molecular weight is 310 g/mol. The zero-order chi connectivity index (χ0) is 15.5. The van der Waals surface area contributed by atoms with Crippen molar-refractivity contribution < 1.29 is 4.74 Å². The van der Waals surface area contributed by atoms with E-state index in [0.29, 0.717) is 5.15 Å². The second kappa shape index (κ2) is 6.20. The van der Waals surface area contributed by atoms with Crippen LogP contribution in [0.1, 0.15) is 5.56 Å². The van der Waals surface area contributed by atoms with Crippen molar-refractivity contribution in [2.45, 2.75) is 6.92 Å². The molecule has 3 heteroatoms. The largest absolute Gasteiger partial charge is 0.497 e. The van der Waals surface area contributed by atoms with Crippen molar-refractivity contribution in [3.05, 3.63) is 71.4 Å². The van der Waals surface area contributed by atoms with Gasteiger partial charge in [0, 0.05) is 5.56 Å². The maximum absolute atomic E-state index is 6.22. The molecule has 0 aliphatic carbocycles. The first-order chi connectivity index (χ1) is 10.7. The molecule has 0 atom stereocenters. The molecule has 0 saturated heterocycles. The lowest BCUT2D eigenvalue weighted by atomic mass is 10.0. The number of aryl methyl sites for hydroxylation is 1. The van der Waals surface area contributed by atoms with Gasteiger partial charge in [-0.15, -0.1) is 0 Å². The molecule has 22 heavy (non-hydrogen) atoms. The fourth-order valence-electron chi connectivity index (χ4n) is 2.48. The highest BCUT2D eigenvalue weighted by atomic mass is 35.5. The van der Waals surface area contributed by atoms with Gasteiger partial charge >= 0.3 is 0 Å². The van der Waals surface area contributed by atoms with Crippen LogP contribution in [-0.2, 0) is 0 Å². The van der Waals surface area contributed by atoms with E-state index in [2.05, 4.69) is 23.2 Å². The molecule has 110 valence electrons. The third kappa shape index (κ3) is 2.97. The van der Waals surface area contributed by atoms with E-state index in [1.54, 1.807) is 7.11 Å². The summed E-state index contributed by atoms with van der Waals surface area (Å²) in [5.74, 6) is 0.839. The Morgan fingerprint density at radius 2 is 1.68 bits per heavy atom. The van der Waals surface area contributed by atoms with Gasteiger partial charge in [-0.1, -0.05) is 41.9 Å². The Morgan fingerprint density at radius 1 is 0.909 bits per heavy atom. The molecule has 0 fully saturated rings. The molecule has 1 heterocycles. The predicted molar refractivity (Wildman–Crippen MR) is 91.4 cm³/mol. The lowest BCUT2D eigenvalue weighted by Gasteiger charge is -2.10. The highest BCUT2D eigenvalue weighted by Crippen LogP contribution is 2.30. The molecule has 0 amide bonds. The van der Waals surface area contributed by atoms with Crippen molar-refractivity contribution >= 4 is 11.6 Å². The molecule has 2 nitrogen and oxygen atoms in total. The van der Waals surface area contributed by atoms with Gasteiger partial charge < -0.3 is 4.74 Å². The maximum atomic E-state index is 6.22. The van der Waals surface area contributed by atoms with E-state index in [9.17, 15) is 0 Å². The summed E-state index contributed by atoms with van der Waals surface area (Å²) in [5, 5.41) is 0.492. The Balaban J connectivity index is 2.10. The van der Waals surface area contributed by atoms with Crippen molar-refractivity contribution in [2.75, 3.05) is 7.11 Å². The molecular weight excluding hydrogens is 294 g/mol. The first-order valence-corrected chi connectivity index (χ1v) is 7.43. The van der Waals surface area contributed by atoms with Gasteiger partial charge in [-0.05, 0) is 53.9 Å². The number of rotatable bonds is 3. The number of aromatic nitrogens is 1. The van der Waals surface area contributed by atoms with Crippen LogP contribution in [0, 0.1) is 6.92 Å². The van der Waals surface area contributed by atoms with Crippen molar-refractivity contribution in [1.82, 2.24) is 4.98 Å². The number of hydrogen-bond donors (Lipinski definition) is 0. The molecule has 0 aliphatic rings. The second-order valence-electron chi connectivity index (χ2n) is 5.11. The number of halogens is 1. The van der Waals surface area contributed by atoms with Gasteiger partial charge in [0.05, 0.1) is 12.8 Å². The van der Waals surface area contributed by atoms with Crippen LogP contribution in [0.15, 0.2) is 60.7 Å². The molecule has 0 bridgehead atoms. The maximum Gasteiger partial charge on any atom is 0.130 e. The summed E-state index contributed by atoms with van der Waals surface area (Å²) >= 11 is 6.22. The molecule has 0 aliphatic heterocycles. The number of methoxy groups -OCH3 is 1. The van der Waals surface area contributed by atoms with Gasteiger partial charge in [-0.2, -0.15) is 0 Å². The van der Waals surface area contributed by atoms with Crippen LogP contribution in [0.2, 0.25) is 5.15 Å². The molecule has 0 N–H and O–H groups in total. The third-order valence-corrected chi connectivity index (χ3v) is 3.80. The Labute approximate surface area is 135 Å². The predicted octanol–water partition coefficient (Wildman–Crippen LogP) is 5.39. The molecule has 0 saturated carbocycles. The molecule has 0 spiro atoms. The first kappa shape index (κ1) is 14.6. The fraction of sp³-hybridized carbons (Fsp3) is 0.105. The molecule has 0 radical (unpaired) electrons. The van der Waals surface area contributed by atoms with E-state index >= 15 is 0 Å². The summed E-state index contributed by atoms with van der Waals surface area (Å²) < 4.78 is 5.26. The van der Waals surface area contributed by atoms with E-state index in [1.165, 1.54) is 0 Å². The minimum Gasteiger partial charge on any atom is -0.497 e. The van der Waals surface area contributed by atoms with Gasteiger partial charge in [0.1, 0.15) is 10.9 Å². The Kier molecular flexibility index (Phi) is 4.12. The van der Waals surface area contributed by atoms with Crippen LogP contribution in [0.25, 0.3) is 22.4 Å². The summed E-state index contributed by atoms with van der Waals surface area (Å²) in [5.41, 5.74) is 5.21. The van der Waals surface area contributed by atoms with Crippen molar-refractivity contribution in [3.63, 3.8) is 0 Å². The summed E-state index contributed by atoms with van der Waals surface area (Å²) in [4.78, 5) is 4.47. The van der Waals surface area contributed by atoms with Crippen LogP contribution in [-0.4, -0.2) is 12.1 Å². The number of benzene rings is 2. The standard InChI is InChI=1S/C19H16ClNO/c1-13-10-16(22-2)8-9-17(13)18-11-15(12-19(20)21-18)14-6-4-3-5-7-14/h3-12H,1-2H3. The van der Waals surface area contributed by atoms with E-state index in [0.717, 1.165) is 33.7 Å². The van der Waals surface area contributed by atoms with E-state index in [4.69, 9.17) is 16.3 Å². The summed E-state index contributed by atoms with van der Waals surface area (Å²) in [7, 11) is 1.67. The van der Waals surface area contributed by atoms with Gasteiger partial charge in [-0.3, -0.25) is 0 Å². The van der Waals surface area contributed by atoms with Gasteiger partial charge in [0.2, 0.25) is 0 Å². The van der Waals surface area contributed by atoms with Crippen LogP contribution < -0.4 is 4.74 Å². The van der Waals surface area contributed by atoms with Crippen molar-refractivity contribution in [3.8, 4) is 28.1 Å². The highest BCUT2D eigenvalue weighted by Gasteiger charge is 2.09. The van der Waals surface area contributed by atoms with Crippen molar-refractivity contribution in [1.29, 1.82) is 0 Å². The Hall–Kier alpha value is -2.32. The summed E-state index contributed by atoms with van der Waals surface area (Å²) in [6.45, 7) is 2.04. The monoisotopic (exact) mass is 309 g/mol. The third-order valence-electron chi connectivity index (χ3n) is 3.61. The average Bonchev–Trinajstić information content (AvgIpc) is 2.55. The quantitative estimate of drug-likeness (QED) is 0.605. The van der Waals surface area contributed by atoms with Gasteiger partial charge in [0.25, 0.3) is 0 Å². The Morgan fingerprint density at radius 3 is 2.36 bits per heavy atom. The van der Waals surface area contributed by atoms with Gasteiger partial charge in [-0.25, -0.2) is 4.98 Å². The first-order valence-electron chi connectivity index (χ1n) is 7.05. The lowest BCUT2D eigenvalue weighted by Crippen LogP contribution is -1.91. The zero-order valence-corrected chi connectivity index (χ0v) is 13.3. The van der Waals surface area contributed by atoms with Crippen LogP contribution in [0.3, 0.4) is 0 Å². The van der Waals surface area contributed by atoms with E-state index in [1.807, 2.05) is 49.4 Å². The SMILES string of the molecule is COc1ccc(-c2cc(-c3ccccc3)cc(Cl)n2)c(C)c1. The number of pyridine rings is 1. The normalized spacial score (nSPS) is 10.5. The van der Waals surface area contributed by atoms with Crippen LogP contribution >= 0.6 is 11.6 Å². The Bertz CT molecular complexity index is 800. The van der Waals surface area contributed by atoms with Gasteiger partial charge in [0.15, 0.2) is 0 Å². The molecular formula is C19H16ClNO. The summed E-state index contributed by atoms with van der Waals surface area (Å²) in [6.07, 6.45) is 0. The number of ether oxygens (including phenoxy) is 1. The van der Waals surface area contributed by atoms with Crippen LogP contribution in [0.4, 0.5) is 0 Å². The molecule has 3 rings (SSSR count). The van der Waals surface area contributed by atoms with E-state index in [-0.39, 0.29) is 0 Å². The lowest BCUT2D eigenvalue weighted by molar-refractivity contribution is 0.414.